The number of aryl methyl sites for hydroxylation is 2. The molecular weight excluding hydrogens is 464 g/mol. The van der Waals surface area contributed by atoms with Crippen LogP contribution in [0.2, 0.25) is 0 Å². The lowest BCUT2D eigenvalue weighted by Crippen LogP contribution is -2.32. The van der Waals surface area contributed by atoms with Crippen molar-refractivity contribution in [2.45, 2.75) is 33.6 Å². The minimum absolute atomic E-state index is 0.187. The highest BCUT2D eigenvalue weighted by Gasteiger charge is 2.22. The van der Waals surface area contributed by atoms with E-state index in [1.165, 1.54) is 16.3 Å². The third-order valence-corrected chi connectivity index (χ3v) is 6.63. The lowest BCUT2D eigenvalue weighted by atomic mass is 10.0. The summed E-state index contributed by atoms with van der Waals surface area (Å²) in [5, 5.41) is 9.85. The first-order valence-corrected chi connectivity index (χ1v) is 12.3. The van der Waals surface area contributed by atoms with E-state index in [1.807, 2.05) is 39.0 Å². The summed E-state index contributed by atoms with van der Waals surface area (Å²) in [5.74, 6) is 0.920. The molecule has 0 unspecified atom stereocenters. The van der Waals surface area contributed by atoms with E-state index in [2.05, 4.69) is 15.4 Å². The molecule has 9 heteroatoms. The number of anilines is 1. The van der Waals surface area contributed by atoms with Crippen LogP contribution in [0.25, 0.3) is 0 Å². The summed E-state index contributed by atoms with van der Waals surface area (Å²) in [4.78, 5) is 30.6. The number of ether oxygens (including phenoxy) is 2. The lowest BCUT2D eigenvalue weighted by molar-refractivity contribution is 0.0751. The van der Waals surface area contributed by atoms with Crippen LogP contribution in [0.3, 0.4) is 0 Å². The van der Waals surface area contributed by atoms with E-state index < -0.39 is 0 Å². The Morgan fingerprint density at radius 3 is 2.54 bits per heavy atom. The van der Waals surface area contributed by atoms with E-state index in [4.69, 9.17) is 9.47 Å². The van der Waals surface area contributed by atoms with Crippen LogP contribution in [-0.2, 0) is 0 Å². The van der Waals surface area contributed by atoms with Gasteiger partial charge >= 0.3 is 0 Å². The number of hydrogen-bond acceptors (Lipinski definition) is 7. The average Bonchev–Trinajstić information content (AvgIpc) is 3.22. The summed E-state index contributed by atoms with van der Waals surface area (Å²) < 4.78 is 11.0. The summed E-state index contributed by atoms with van der Waals surface area (Å²) in [6.45, 7) is 6.67. The highest BCUT2D eigenvalue weighted by atomic mass is 32.1. The molecule has 0 bridgehead atoms. The smallest absolute Gasteiger partial charge is 0.273 e. The van der Waals surface area contributed by atoms with Gasteiger partial charge in [-0.1, -0.05) is 0 Å². The first-order valence-electron chi connectivity index (χ1n) is 11.5. The van der Waals surface area contributed by atoms with Crippen molar-refractivity contribution in [3.63, 3.8) is 0 Å². The molecule has 1 aliphatic heterocycles. The van der Waals surface area contributed by atoms with Crippen molar-refractivity contribution in [1.29, 1.82) is 0 Å². The fourth-order valence-electron chi connectivity index (χ4n) is 3.89. The van der Waals surface area contributed by atoms with Crippen LogP contribution in [0.4, 0.5) is 5.69 Å². The van der Waals surface area contributed by atoms with Gasteiger partial charge in [-0.05, 0) is 76.1 Å². The molecule has 0 saturated heterocycles. The molecule has 1 aromatic heterocycles. The zero-order chi connectivity index (χ0) is 24.9. The molecule has 0 fully saturated rings. The zero-order valence-electron chi connectivity index (χ0n) is 20.3. The molecule has 2 aromatic carbocycles. The third-order valence-electron chi connectivity index (χ3n) is 5.56. The second-order valence-corrected chi connectivity index (χ2v) is 9.26. The van der Waals surface area contributed by atoms with Crippen molar-refractivity contribution in [2.24, 2.45) is 5.10 Å². The second kappa shape index (κ2) is 10.7. The Kier molecular flexibility index (Phi) is 7.45. The number of nitrogens with zero attached hydrogens (tertiary/aromatic N) is 3. The quantitative estimate of drug-likeness (QED) is 0.498. The monoisotopic (exact) mass is 492 g/mol. The van der Waals surface area contributed by atoms with Gasteiger partial charge in [0, 0.05) is 23.4 Å². The summed E-state index contributed by atoms with van der Waals surface area (Å²) >= 11 is 1.36. The van der Waals surface area contributed by atoms with Crippen molar-refractivity contribution < 1.29 is 19.1 Å². The molecule has 1 N–H and O–H groups in total. The van der Waals surface area contributed by atoms with Crippen LogP contribution >= 0.6 is 11.3 Å². The van der Waals surface area contributed by atoms with Gasteiger partial charge in [-0.2, -0.15) is 5.10 Å². The average molecular weight is 493 g/mol. The van der Waals surface area contributed by atoms with Crippen molar-refractivity contribution in [3.05, 3.63) is 69.2 Å². The van der Waals surface area contributed by atoms with Gasteiger partial charge in [0.25, 0.3) is 11.8 Å². The van der Waals surface area contributed by atoms with Gasteiger partial charge in [-0.25, -0.2) is 9.99 Å². The number of rotatable bonds is 7. The molecular formula is C26H28N4O4S. The topological polar surface area (TPSA) is 93.1 Å². The second-order valence-electron chi connectivity index (χ2n) is 8.06. The van der Waals surface area contributed by atoms with Crippen molar-refractivity contribution in [2.75, 3.05) is 25.6 Å². The largest absolute Gasteiger partial charge is 0.493 e. The molecule has 0 atom stereocenters. The number of aromatic nitrogens is 1. The number of benzene rings is 2. The highest BCUT2D eigenvalue weighted by Crippen LogP contribution is 2.30. The predicted molar refractivity (Wildman–Crippen MR) is 137 cm³/mol. The SMILES string of the molecule is CCOc1cc(C2=NN(C(=O)c3ccc(NC(=O)c4sc(C)nc4C)cc3)CCC2)ccc1OC. The first-order chi connectivity index (χ1) is 16.9. The standard InChI is InChI=1S/C26H28N4O4S/c1-5-34-23-15-19(10-13-22(23)33-4)21-7-6-14-30(29-21)26(32)18-8-11-20(12-9-18)28-25(31)24-16(2)27-17(3)35-24/h8-13,15H,5-7,14H2,1-4H3,(H,28,31). The van der Waals surface area contributed by atoms with Crippen LogP contribution in [0, 0.1) is 13.8 Å². The predicted octanol–water partition coefficient (Wildman–Crippen LogP) is 5.06. The van der Waals surface area contributed by atoms with Gasteiger partial charge in [0.15, 0.2) is 11.5 Å². The van der Waals surface area contributed by atoms with Crippen LogP contribution in [0.1, 0.15) is 56.1 Å². The van der Waals surface area contributed by atoms with Crippen LogP contribution in [0.5, 0.6) is 11.5 Å². The fraction of sp³-hybridized carbons (Fsp3) is 0.308. The van der Waals surface area contributed by atoms with Gasteiger partial charge in [0.1, 0.15) is 4.88 Å². The van der Waals surface area contributed by atoms with E-state index in [1.54, 1.807) is 31.4 Å². The van der Waals surface area contributed by atoms with E-state index in [0.29, 0.717) is 46.5 Å². The molecule has 4 rings (SSSR count). The number of thiazole rings is 1. The number of hydrazone groups is 1. The van der Waals surface area contributed by atoms with E-state index in [0.717, 1.165) is 29.1 Å². The van der Waals surface area contributed by atoms with Crippen molar-refractivity contribution in [1.82, 2.24) is 9.99 Å². The Balaban J connectivity index is 1.48. The number of amides is 2. The van der Waals surface area contributed by atoms with E-state index in [-0.39, 0.29) is 11.8 Å². The molecule has 0 spiro atoms. The minimum Gasteiger partial charge on any atom is -0.493 e. The lowest BCUT2D eigenvalue weighted by Gasteiger charge is -2.24. The molecule has 0 aliphatic carbocycles. The Bertz CT molecular complexity index is 1270. The van der Waals surface area contributed by atoms with Gasteiger partial charge in [0.05, 0.1) is 30.1 Å². The van der Waals surface area contributed by atoms with Crippen molar-refractivity contribution in [3.8, 4) is 11.5 Å². The Morgan fingerprint density at radius 2 is 1.89 bits per heavy atom. The van der Waals surface area contributed by atoms with Gasteiger partial charge in [-0.15, -0.1) is 11.3 Å². The number of nitrogens with one attached hydrogen (secondary N) is 1. The summed E-state index contributed by atoms with van der Waals surface area (Å²) in [6, 6.07) is 12.5. The first kappa shape index (κ1) is 24.4. The Morgan fingerprint density at radius 1 is 1.11 bits per heavy atom. The van der Waals surface area contributed by atoms with Gasteiger partial charge in [-0.3, -0.25) is 9.59 Å². The molecule has 2 amide bonds. The van der Waals surface area contributed by atoms with Gasteiger partial charge < -0.3 is 14.8 Å². The summed E-state index contributed by atoms with van der Waals surface area (Å²) in [6.07, 6.45) is 1.57. The molecule has 1 aliphatic rings. The normalized spacial score (nSPS) is 13.3. The van der Waals surface area contributed by atoms with E-state index >= 15 is 0 Å². The maximum atomic E-state index is 13.1. The maximum absolute atomic E-state index is 13.1. The highest BCUT2D eigenvalue weighted by molar-refractivity contribution is 7.13. The van der Waals surface area contributed by atoms with Crippen LogP contribution in [-0.4, -0.2) is 47.8 Å². The minimum atomic E-state index is -0.205. The molecule has 3 aromatic rings. The van der Waals surface area contributed by atoms with Crippen LogP contribution in [0.15, 0.2) is 47.6 Å². The Hall–Kier alpha value is -3.72. The number of carbonyl (C=O) groups excluding carboxylic acids is 2. The molecule has 0 radical (unpaired) electrons. The molecule has 0 saturated carbocycles. The molecule has 2 heterocycles. The third kappa shape index (κ3) is 5.51. The maximum Gasteiger partial charge on any atom is 0.273 e. The number of methoxy groups -OCH3 is 1. The molecule has 8 nitrogen and oxygen atoms in total. The van der Waals surface area contributed by atoms with Gasteiger partial charge in [0.2, 0.25) is 0 Å². The molecule has 35 heavy (non-hydrogen) atoms. The number of hydrogen-bond donors (Lipinski definition) is 1. The fourth-order valence-corrected chi connectivity index (χ4v) is 4.71. The van der Waals surface area contributed by atoms with Crippen molar-refractivity contribution >= 4 is 34.6 Å². The number of carbonyl (C=O) groups is 2. The molecule has 182 valence electrons. The van der Waals surface area contributed by atoms with E-state index in [9.17, 15) is 9.59 Å². The Labute approximate surface area is 208 Å². The summed E-state index contributed by atoms with van der Waals surface area (Å²) in [7, 11) is 1.61. The summed E-state index contributed by atoms with van der Waals surface area (Å²) in [5.41, 5.74) is 3.55. The zero-order valence-corrected chi connectivity index (χ0v) is 21.1. The van der Waals surface area contributed by atoms with Crippen LogP contribution < -0.4 is 14.8 Å².